The molecule has 1 aliphatic rings. The molecule has 2 aromatic carbocycles. The van der Waals surface area contributed by atoms with Gasteiger partial charge in [-0.3, -0.25) is 4.90 Å². The second-order valence-corrected chi connectivity index (χ2v) is 7.14. The standard InChI is InChI=1S/C20H22FNS/c1-2-23-20-9-3-16(4-10-20)15-22-13-11-18(12-14-22)17-5-7-19(21)8-6-17/h3-11H,2,12-15H2,1H3. The maximum Gasteiger partial charge on any atom is 0.123 e. The summed E-state index contributed by atoms with van der Waals surface area (Å²) in [6, 6.07) is 15.7. The maximum atomic E-state index is 13.0. The lowest BCUT2D eigenvalue weighted by molar-refractivity contribution is 0.294. The van der Waals surface area contributed by atoms with E-state index in [2.05, 4.69) is 42.2 Å². The van der Waals surface area contributed by atoms with E-state index in [-0.39, 0.29) is 5.82 Å². The zero-order valence-electron chi connectivity index (χ0n) is 13.5. The predicted octanol–water partition coefficient (Wildman–Crippen LogP) is 5.23. The van der Waals surface area contributed by atoms with Crippen molar-refractivity contribution in [3.8, 4) is 0 Å². The molecule has 3 heteroatoms. The third-order valence-corrected chi connectivity index (χ3v) is 5.04. The quantitative estimate of drug-likeness (QED) is 0.692. The van der Waals surface area contributed by atoms with Crippen LogP contribution in [0.1, 0.15) is 24.5 Å². The minimum atomic E-state index is -0.170. The molecule has 1 aliphatic heterocycles. The normalized spacial score (nSPS) is 15.5. The smallest absolute Gasteiger partial charge is 0.123 e. The highest BCUT2D eigenvalue weighted by Crippen LogP contribution is 2.24. The number of benzene rings is 2. The van der Waals surface area contributed by atoms with Crippen molar-refractivity contribution in [1.29, 1.82) is 0 Å². The molecule has 0 N–H and O–H groups in total. The number of nitrogens with zero attached hydrogens (tertiary/aromatic N) is 1. The van der Waals surface area contributed by atoms with Crippen LogP contribution >= 0.6 is 11.8 Å². The summed E-state index contributed by atoms with van der Waals surface area (Å²) in [4.78, 5) is 3.79. The van der Waals surface area contributed by atoms with Crippen molar-refractivity contribution < 1.29 is 4.39 Å². The fourth-order valence-corrected chi connectivity index (χ4v) is 3.56. The maximum absolute atomic E-state index is 13.0. The Morgan fingerprint density at radius 2 is 1.78 bits per heavy atom. The fraction of sp³-hybridized carbons (Fsp3) is 0.300. The number of halogens is 1. The van der Waals surface area contributed by atoms with Gasteiger partial charge in [-0.05, 0) is 53.1 Å². The number of hydrogen-bond acceptors (Lipinski definition) is 2. The van der Waals surface area contributed by atoms with E-state index in [9.17, 15) is 4.39 Å². The highest BCUT2D eigenvalue weighted by atomic mass is 32.2. The van der Waals surface area contributed by atoms with E-state index in [1.807, 2.05) is 23.9 Å². The first-order valence-electron chi connectivity index (χ1n) is 8.13. The Bertz CT molecular complexity index is 661. The average Bonchev–Trinajstić information content (AvgIpc) is 2.58. The topological polar surface area (TPSA) is 3.24 Å². The van der Waals surface area contributed by atoms with Gasteiger partial charge in [0.1, 0.15) is 5.82 Å². The van der Waals surface area contributed by atoms with Gasteiger partial charge in [-0.2, -0.15) is 0 Å². The highest BCUT2D eigenvalue weighted by Gasteiger charge is 2.13. The van der Waals surface area contributed by atoms with Gasteiger partial charge in [0.15, 0.2) is 0 Å². The van der Waals surface area contributed by atoms with E-state index >= 15 is 0 Å². The predicted molar refractivity (Wildman–Crippen MR) is 97.1 cm³/mol. The molecule has 0 unspecified atom stereocenters. The lowest BCUT2D eigenvalue weighted by atomic mass is 9.99. The van der Waals surface area contributed by atoms with Gasteiger partial charge >= 0.3 is 0 Å². The van der Waals surface area contributed by atoms with Crippen LogP contribution in [0.5, 0.6) is 0 Å². The van der Waals surface area contributed by atoms with Crippen molar-refractivity contribution in [2.45, 2.75) is 24.8 Å². The molecule has 0 fully saturated rings. The first-order valence-corrected chi connectivity index (χ1v) is 9.12. The second-order valence-electron chi connectivity index (χ2n) is 5.80. The van der Waals surface area contributed by atoms with E-state index < -0.39 is 0 Å². The van der Waals surface area contributed by atoms with Crippen molar-refractivity contribution in [3.05, 3.63) is 71.6 Å². The fourth-order valence-electron chi connectivity index (χ4n) is 2.90. The van der Waals surface area contributed by atoms with E-state index in [0.29, 0.717) is 0 Å². The first kappa shape index (κ1) is 16.3. The van der Waals surface area contributed by atoms with Crippen LogP contribution in [0.15, 0.2) is 59.5 Å². The monoisotopic (exact) mass is 327 g/mol. The number of hydrogen-bond donors (Lipinski definition) is 0. The summed E-state index contributed by atoms with van der Waals surface area (Å²) in [5.74, 6) is 0.944. The van der Waals surface area contributed by atoms with Crippen molar-refractivity contribution in [3.63, 3.8) is 0 Å². The molecule has 0 radical (unpaired) electrons. The summed E-state index contributed by atoms with van der Waals surface area (Å²) in [5.41, 5.74) is 3.84. The first-order chi connectivity index (χ1) is 11.2. The Morgan fingerprint density at radius 3 is 2.39 bits per heavy atom. The second kappa shape index (κ2) is 7.80. The van der Waals surface area contributed by atoms with E-state index in [0.717, 1.165) is 37.4 Å². The van der Waals surface area contributed by atoms with Gasteiger partial charge in [0.25, 0.3) is 0 Å². The molecule has 3 rings (SSSR count). The summed E-state index contributed by atoms with van der Waals surface area (Å²) in [6.07, 6.45) is 3.30. The largest absolute Gasteiger partial charge is 0.295 e. The van der Waals surface area contributed by atoms with Crippen molar-refractivity contribution in [1.82, 2.24) is 4.90 Å². The van der Waals surface area contributed by atoms with E-state index in [1.54, 1.807) is 12.1 Å². The molecule has 1 heterocycles. The Kier molecular flexibility index (Phi) is 5.52. The van der Waals surface area contributed by atoms with Gasteiger partial charge in [0.05, 0.1) is 0 Å². The summed E-state index contributed by atoms with van der Waals surface area (Å²) in [6.45, 7) is 5.18. The Hall–Kier alpha value is -1.58. The van der Waals surface area contributed by atoms with E-state index in [4.69, 9.17) is 0 Å². The minimum absolute atomic E-state index is 0.170. The zero-order chi connectivity index (χ0) is 16.1. The SMILES string of the molecule is CCSc1ccc(CN2CC=C(c3ccc(F)cc3)CC2)cc1. The summed E-state index contributed by atoms with van der Waals surface area (Å²) in [5, 5.41) is 0. The molecule has 0 aliphatic carbocycles. The van der Waals surface area contributed by atoms with E-state index in [1.165, 1.54) is 16.0 Å². The molecule has 0 saturated heterocycles. The zero-order valence-corrected chi connectivity index (χ0v) is 14.3. The van der Waals surface area contributed by atoms with Crippen LogP contribution in [-0.2, 0) is 6.54 Å². The Morgan fingerprint density at radius 1 is 1.04 bits per heavy atom. The van der Waals surface area contributed by atoms with Gasteiger partial charge in [0.2, 0.25) is 0 Å². The van der Waals surface area contributed by atoms with Gasteiger partial charge in [-0.25, -0.2) is 4.39 Å². The lowest BCUT2D eigenvalue weighted by Crippen LogP contribution is -2.27. The van der Waals surface area contributed by atoms with Gasteiger partial charge in [0, 0.05) is 24.5 Å². The number of thioether (sulfide) groups is 1. The Balaban J connectivity index is 1.58. The van der Waals surface area contributed by atoms with Gasteiger partial charge in [-0.15, -0.1) is 11.8 Å². The van der Waals surface area contributed by atoms with Gasteiger partial charge < -0.3 is 0 Å². The van der Waals surface area contributed by atoms with Crippen LogP contribution in [0.2, 0.25) is 0 Å². The minimum Gasteiger partial charge on any atom is -0.295 e. The molecule has 0 atom stereocenters. The average molecular weight is 327 g/mol. The van der Waals surface area contributed by atoms with Gasteiger partial charge in [-0.1, -0.05) is 37.3 Å². The molecule has 0 bridgehead atoms. The molecular weight excluding hydrogens is 305 g/mol. The number of rotatable bonds is 5. The molecule has 120 valence electrons. The summed E-state index contributed by atoms with van der Waals surface area (Å²) >= 11 is 1.88. The summed E-state index contributed by atoms with van der Waals surface area (Å²) < 4.78 is 13.0. The van der Waals surface area contributed by atoms with Crippen molar-refractivity contribution >= 4 is 17.3 Å². The molecular formula is C20H22FNS. The molecule has 0 spiro atoms. The lowest BCUT2D eigenvalue weighted by Gasteiger charge is -2.26. The molecule has 0 aromatic heterocycles. The van der Waals surface area contributed by atoms with Crippen LogP contribution in [0.4, 0.5) is 4.39 Å². The molecule has 0 amide bonds. The summed E-state index contributed by atoms with van der Waals surface area (Å²) in [7, 11) is 0. The van der Waals surface area contributed by atoms with Crippen molar-refractivity contribution in [2.24, 2.45) is 0 Å². The molecule has 0 saturated carbocycles. The van der Waals surface area contributed by atoms with Crippen LogP contribution in [0.25, 0.3) is 5.57 Å². The third kappa shape index (κ3) is 4.46. The molecule has 23 heavy (non-hydrogen) atoms. The third-order valence-electron chi connectivity index (χ3n) is 4.15. The van der Waals surface area contributed by atoms with Crippen LogP contribution in [0.3, 0.4) is 0 Å². The van der Waals surface area contributed by atoms with Crippen LogP contribution in [0, 0.1) is 5.82 Å². The Labute approximate surface area is 142 Å². The van der Waals surface area contributed by atoms with Crippen molar-refractivity contribution in [2.75, 3.05) is 18.8 Å². The van der Waals surface area contributed by atoms with Crippen LogP contribution in [-0.4, -0.2) is 23.7 Å². The molecule has 2 aromatic rings. The molecule has 1 nitrogen and oxygen atoms in total. The van der Waals surface area contributed by atoms with Crippen LogP contribution < -0.4 is 0 Å². The highest BCUT2D eigenvalue weighted by molar-refractivity contribution is 7.99.